The Labute approximate surface area is 171 Å². The lowest BCUT2D eigenvalue weighted by molar-refractivity contribution is 0.0995. The maximum atomic E-state index is 12.8. The molecule has 0 aliphatic heterocycles. The molecule has 3 aromatic rings. The van der Waals surface area contributed by atoms with E-state index in [0.29, 0.717) is 22.5 Å². The SMILES string of the molecule is NC(=O)c1nnc(NC2CCCCC2)nc1Nc1cccc2c1ccn2CC(F)F. The smallest absolute Gasteiger partial charge is 0.273 e. The van der Waals surface area contributed by atoms with Crippen LogP contribution in [0.15, 0.2) is 30.5 Å². The van der Waals surface area contributed by atoms with Crippen LogP contribution in [0.5, 0.6) is 0 Å². The monoisotopic (exact) mass is 415 g/mol. The number of primary amides is 1. The minimum Gasteiger partial charge on any atom is -0.364 e. The normalized spacial score (nSPS) is 14.9. The fourth-order valence-electron chi connectivity index (χ4n) is 3.84. The van der Waals surface area contributed by atoms with Crippen LogP contribution in [0.1, 0.15) is 42.6 Å². The van der Waals surface area contributed by atoms with Crippen LogP contribution in [0, 0.1) is 0 Å². The van der Waals surface area contributed by atoms with Gasteiger partial charge in [0.05, 0.1) is 12.1 Å². The van der Waals surface area contributed by atoms with Gasteiger partial charge in [0.2, 0.25) is 5.95 Å². The number of nitrogens with one attached hydrogen (secondary N) is 2. The Morgan fingerprint density at radius 3 is 2.73 bits per heavy atom. The van der Waals surface area contributed by atoms with Gasteiger partial charge in [-0.1, -0.05) is 25.3 Å². The summed E-state index contributed by atoms with van der Waals surface area (Å²) in [5.74, 6) is -0.272. The first-order chi connectivity index (χ1) is 14.5. The van der Waals surface area contributed by atoms with E-state index in [1.165, 1.54) is 11.0 Å². The molecule has 1 saturated carbocycles. The fourth-order valence-corrected chi connectivity index (χ4v) is 3.84. The Morgan fingerprint density at radius 1 is 1.20 bits per heavy atom. The van der Waals surface area contributed by atoms with Crippen molar-refractivity contribution in [2.75, 3.05) is 10.6 Å². The molecule has 0 unspecified atom stereocenters. The highest BCUT2D eigenvalue weighted by Gasteiger charge is 2.19. The lowest BCUT2D eigenvalue weighted by Gasteiger charge is -2.22. The first-order valence-electron chi connectivity index (χ1n) is 9.95. The maximum Gasteiger partial charge on any atom is 0.273 e. The molecule has 0 spiro atoms. The topological polar surface area (TPSA) is 111 Å². The van der Waals surface area contributed by atoms with Crippen LogP contribution in [0.4, 0.5) is 26.2 Å². The predicted octanol–water partition coefficient (Wildman–Crippen LogP) is 3.68. The molecule has 158 valence electrons. The zero-order valence-corrected chi connectivity index (χ0v) is 16.3. The molecular weight excluding hydrogens is 392 g/mol. The van der Waals surface area contributed by atoms with E-state index in [1.54, 1.807) is 30.5 Å². The van der Waals surface area contributed by atoms with Crippen LogP contribution in [0.3, 0.4) is 0 Å². The summed E-state index contributed by atoms with van der Waals surface area (Å²) in [5, 5.41) is 15.0. The van der Waals surface area contributed by atoms with Crippen molar-refractivity contribution in [3.05, 3.63) is 36.2 Å². The summed E-state index contributed by atoms with van der Waals surface area (Å²) in [6.45, 7) is -0.399. The van der Waals surface area contributed by atoms with Crippen molar-refractivity contribution in [3.8, 4) is 0 Å². The van der Waals surface area contributed by atoms with Crippen molar-refractivity contribution in [1.82, 2.24) is 19.7 Å². The summed E-state index contributed by atoms with van der Waals surface area (Å²) < 4.78 is 27.1. The number of hydrogen-bond acceptors (Lipinski definition) is 6. The summed E-state index contributed by atoms with van der Waals surface area (Å²) in [5.41, 5.74) is 6.60. The van der Waals surface area contributed by atoms with Gasteiger partial charge in [-0.3, -0.25) is 4.79 Å². The van der Waals surface area contributed by atoms with Crippen LogP contribution in [-0.4, -0.2) is 38.1 Å². The summed E-state index contributed by atoms with van der Waals surface area (Å²) in [6, 6.07) is 7.27. The number of anilines is 3. The van der Waals surface area contributed by atoms with Crippen molar-refractivity contribution in [2.45, 2.75) is 51.1 Å². The third-order valence-corrected chi connectivity index (χ3v) is 5.26. The number of halogens is 2. The maximum absolute atomic E-state index is 12.8. The number of carbonyl (C=O) groups excluding carboxylic acids is 1. The number of amides is 1. The summed E-state index contributed by atoms with van der Waals surface area (Å²) >= 11 is 0. The zero-order chi connectivity index (χ0) is 21.1. The zero-order valence-electron chi connectivity index (χ0n) is 16.3. The molecule has 0 bridgehead atoms. The number of hydrogen-bond donors (Lipinski definition) is 3. The standard InChI is InChI=1S/C20H23F2N7O/c21-16(22)11-29-10-9-13-14(7-4-8-15(13)29)25-19-17(18(23)30)27-28-20(26-19)24-12-5-2-1-3-6-12/h4,7-10,12,16H,1-3,5-6,11H2,(H2,23,30)(H2,24,25,26,28). The highest BCUT2D eigenvalue weighted by atomic mass is 19.3. The second kappa shape index (κ2) is 8.60. The first kappa shape index (κ1) is 20.0. The molecule has 1 fully saturated rings. The molecule has 1 aliphatic carbocycles. The second-order valence-corrected chi connectivity index (χ2v) is 7.40. The molecule has 8 nitrogen and oxygen atoms in total. The highest BCUT2D eigenvalue weighted by molar-refractivity contribution is 5.99. The van der Waals surface area contributed by atoms with Crippen molar-refractivity contribution < 1.29 is 13.6 Å². The van der Waals surface area contributed by atoms with E-state index in [-0.39, 0.29) is 17.6 Å². The quantitative estimate of drug-likeness (QED) is 0.543. The van der Waals surface area contributed by atoms with Crippen LogP contribution in [-0.2, 0) is 6.54 Å². The number of alkyl halides is 2. The first-order valence-corrected chi connectivity index (χ1v) is 9.95. The van der Waals surface area contributed by atoms with Gasteiger partial charge in [-0.15, -0.1) is 10.2 Å². The van der Waals surface area contributed by atoms with Gasteiger partial charge in [0.1, 0.15) is 0 Å². The second-order valence-electron chi connectivity index (χ2n) is 7.40. The number of aromatic nitrogens is 4. The summed E-state index contributed by atoms with van der Waals surface area (Å²) in [6.07, 6.45) is 4.71. The van der Waals surface area contributed by atoms with Crippen molar-refractivity contribution >= 4 is 34.3 Å². The number of carbonyl (C=O) groups is 1. The Bertz CT molecular complexity index is 1050. The van der Waals surface area contributed by atoms with E-state index >= 15 is 0 Å². The Morgan fingerprint density at radius 2 is 2.00 bits per heavy atom. The largest absolute Gasteiger partial charge is 0.364 e. The molecule has 1 aromatic carbocycles. The van der Waals surface area contributed by atoms with Crippen LogP contribution in [0.25, 0.3) is 10.9 Å². The Kier molecular flexibility index (Phi) is 5.73. The highest BCUT2D eigenvalue weighted by Crippen LogP contribution is 2.29. The average molecular weight is 415 g/mol. The van der Waals surface area contributed by atoms with Gasteiger partial charge in [-0.25, -0.2) is 8.78 Å². The van der Waals surface area contributed by atoms with E-state index < -0.39 is 18.9 Å². The van der Waals surface area contributed by atoms with E-state index in [9.17, 15) is 13.6 Å². The van der Waals surface area contributed by atoms with Gasteiger partial charge in [0, 0.05) is 23.3 Å². The lowest BCUT2D eigenvalue weighted by atomic mass is 9.96. The minimum atomic E-state index is -2.46. The van der Waals surface area contributed by atoms with Crippen molar-refractivity contribution in [2.24, 2.45) is 5.73 Å². The molecule has 0 radical (unpaired) electrons. The van der Waals surface area contributed by atoms with E-state index in [1.807, 2.05) is 0 Å². The Hall–Kier alpha value is -3.30. The van der Waals surface area contributed by atoms with Gasteiger partial charge in [0.25, 0.3) is 12.3 Å². The minimum absolute atomic E-state index is 0.0896. The molecule has 2 aromatic heterocycles. The van der Waals surface area contributed by atoms with Crippen molar-refractivity contribution in [1.29, 1.82) is 0 Å². The van der Waals surface area contributed by atoms with Crippen LogP contribution in [0.2, 0.25) is 0 Å². The van der Waals surface area contributed by atoms with Gasteiger partial charge in [-0.2, -0.15) is 4.98 Å². The number of benzene rings is 1. The summed E-state index contributed by atoms with van der Waals surface area (Å²) in [4.78, 5) is 16.3. The van der Waals surface area contributed by atoms with E-state index in [0.717, 1.165) is 25.7 Å². The molecule has 30 heavy (non-hydrogen) atoms. The fraction of sp³-hybridized carbons (Fsp3) is 0.400. The number of nitrogens with two attached hydrogens (primary N) is 1. The molecule has 0 atom stereocenters. The molecule has 4 N–H and O–H groups in total. The Balaban J connectivity index is 1.65. The third-order valence-electron chi connectivity index (χ3n) is 5.26. The van der Waals surface area contributed by atoms with Gasteiger partial charge in [0.15, 0.2) is 11.5 Å². The molecular formula is C20H23F2N7O. The number of rotatable bonds is 7. The third kappa shape index (κ3) is 4.32. The molecule has 1 amide bonds. The van der Waals surface area contributed by atoms with E-state index in [4.69, 9.17) is 5.73 Å². The van der Waals surface area contributed by atoms with Gasteiger partial charge >= 0.3 is 0 Å². The van der Waals surface area contributed by atoms with Gasteiger partial charge in [-0.05, 0) is 31.0 Å². The molecule has 1 aliphatic rings. The van der Waals surface area contributed by atoms with E-state index in [2.05, 4.69) is 25.8 Å². The average Bonchev–Trinajstić information content (AvgIpc) is 3.12. The lowest BCUT2D eigenvalue weighted by Crippen LogP contribution is -2.25. The van der Waals surface area contributed by atoms with Crippen molar-refractivity contribution in [3.63, 3.8) is 0 Å². The number of nitrogens with zero attached hydrogens (tertiary/aromatic N) is 4. The van der Waals surface area contributed by atoms with Crippen LogP contribution < -0.4 is 16.4 Å². The molecule has 10 heteroatoms. The van der Waals surface area contributed by atoms with Gasteiger partial charge < -0.3 is 20.9 Å². The summed E-state index contributed by atoms with van der Waals surface area (Å²) in [7, 11) is 0. The molecule has 4 rings (SSSR count). The number of fused-ring (bicyclic) bond motifs is 1. The molecule has 0 saturated heterocycles. The predicted molar refractivity (Wildman–Crippen MR) is 110 cm³/mol. The van der Waals surface area contributed by atoms with Crippen LogP contribution >= 0.6 is 0 Å². The molecule has 2 heterocycles.